The Morgan fingerprint density at radius 3 is 2.67 bits per heavy atom. The number of rotatable bonds is 5. The predicted molar refractivity (Wildman–Crippen MR) is 83.3 cm³/mol. The third-order valence-corrected chi connectivity index (χ3v) is 5.02. The molecule has 3 heteroatoms. The fourth-order valence-corrected chi connectivity index (χ4v) is 3.89. The molecule has 0 amide bonds. The van der Waals surface area contributed by atoms with Crippen LogP contribution in [0.15, 0.2) is 0 Å². The van der Waals surface area contributed by atoms with Crippen LogP contribution < -0.4 is 18.9 Å². The fourth-order valence-electron chi connectivity index (χ4n) is 3.89. The maximum atomic E-state index is 2.59. The number of hydrogen-bond donors (Lipinski definition) is 0. The maximum absolute atomic E-state index is 2.59. The molecule has 0 radical (unpaired) electrons. The number of unbranched alkanes of at least 4 members (excludes halogenated alkanes) is 3. The van der Waals surface area contributed by atoms with E-state index in [0.717, 1.165) is 23.8 Å². The summed E-state index contributed by atoms with van der Waals surface area (Å²) in [5.74, 6) is 2.24. The minimum absolute atomic E-state index is 0. The van der Waals surface area contributed by atoms with Crippen LogP contribution in [0.3, 0.4) is 0 Å². The van der Waals surface area contributed by atoms with Crippen LogP contribution in [0.5, 0.6) is 0 Å². The number of hydrogen-bond acceptors (Lipinski definition) is 0. The summed E-state index contributed by atoms with van der Waals surface area (Å²) in [4.78, 5) is 0. The molecule has 3 unspecified atom stereocenters. The average Bonchev–Trinajstić information content (AvgIpc) is 2.32. The summed E-state index contributed by atoms with van der Waals surface area (Å²) < 4.78 is 0. The van der Waals surface area contributed by atoms with Crippen molar-refractivity contribution in [1.82, 2.24) is 0 Å². The summed E-state index contributed by atoms with van der Waals surface area (Å²) in [7, 11) is 0.527. The minimum atomic E-state index is 0. The fraction of sp³-hybridized carbons (Fsp3) is 1.00. The van der Waals surface area contributed by atoms with E-state index in [9.17, 15) is 0 Å². The molecule has 2 bridgehead atoms. The summed E-state index contributed by atoms with van der Waals surface area (Å²) in [6, 6.07) is 0. The van der Waals surface area contributed by atoms with E-state index < -0.39 is 0 Å². The van der Waals surface area contributed by atoms with Gasteiger partial charge in [-0.15, -0.1) is 0 Å². The molecule has 1 aliphatic heterocycles. The molecule has 2 rings (SSSR count). The van der Waals surface area contributed by atoms with Crippen LogP contribution in [-0.4, -0.2) is 14.6 Å². The van der Waals surface area contributed by atoms with E-state index in [-0.39, 0.29) is 18.9 Å². The van der Waals surface area contributed by atoms with E-state index in [1.54, 1.807) is 38.3 Å². The van der Waals surface area contributed by atoms with E-state index in [1.807, 2.05) is 0 Å². The molecule has 1 saturated carbocycles. The molecular formula is C15H31B2Li. The van der Waals surface area contributed by atoms with Gasteiger partial charge in [-0.2, -0.15) is 5.21 Å². The summed E-state index contributed by atoms with van der Waals surface area (Å²) >= 11 is 0. The third-order valence-electron chi connectivity index (χ3n) is 5.02. The summed E-state index contributed by atoms with van der Waals surface area (Å²) in [6.07, 6.45) is 15.5. The Morgan fingerprint density at radius 2 is 1.94 bits per heavy atom. The van der Waals surface area contributed by atoms with Gasteiger partial charge in [0.05, 0.1) is 0 Å². The Hall–Kier alpha value is 0.727. The van der Waals surface area contributed by atoms with Gasteiger partial charge in [-0.1, -0.05) is 83.8 Å². The maximum Gasteiger partial charge on any atom is 1.00 e. The zero-order chi connectivity index (χ0) is 12.3. The summed E-state index contributed by atoms with van der Waals surface area (Å²) in [5, 5.41) is 0.952. The molecule has 2 fully saturated rings. The van der Waals surface area contributed by atoms with Gasteiger partial charge < -0.3 is 0 Å². The second-order valence-corrected chi connectivity index (χ2v) is 6.25. The second-order valence-electron chi connectivity index (χ2n) is 6.25. The van der Waals surface area contributed by atoms with Crippen molar-refractivity contribution < 1.29 is 18.9 Å². The van der Waals surface area contributed by atoms with Crippen LogP contribution in [0, 0.1) is 11.8 Å². The second kappa shape index (κ2) is 7.49. The van der Waals surface area contributed by atoms with E-state index in [2.05, 4.69) is 13.8 Å². The topological polar surface area (TPSA) is 0 Å². The van der Waals surface area contributed by atoms with Gasteiger partial charge in [-0.3, -0.25) is 0 Å². The molecule has 2 aliphatic rings. The Kier molecular flexibility index (Phi) is 6.99. The van der Waals surface area contributed by atoms with Gasteiger partial charge in [-0.25, -0.2) is 0 Å². The standard InChI is InChI=1S/C15H31B2.Li/c1-3-4-5-6-10-17-11-9-14-8-7-13(2)15(17,16)12-14;/h13-14H,3-12H2,1-2,16H3;/q-1;+1. The first kappa shape index (κ1) is 16.8. The Morgan fingerprint density at radius 1 is 1.17 bits per heavy atom. The monoisotopic (exact) mass is 240 g/mol. The number of fused-ring (bicyclic) bond motifs is 2. The molecule has 0 aromatic heterocycles. The SMILES string of the molecule is [BH3-]C12CC(CCB1CCCCCC)CCC2C.[Li+]. The van der Waals surface area contributed by atoms with Crippen LogP contribution in [-0.2, 0) is 0 Å². The van der Waals surface area contributed by atoms with Crippen LogP contribution >= 0.6 is 0 Å². The zero-order valence-corrected chi connectivity index (χ0v) is 12.3. The first-order valence-corrected chi connectivity index (χ1v) is 7.66. The third kappa shape index (κ3) is 3.64. The zero-order valence-electron chi connectivity index (χ0n) is 12.3. The van der Waals surface area contributed by atoms with Gasteiger partial charge in [0.25, 0.3) is 0 Å². The Balaban J connectivity index is 0.00000162. The van der Waals surface area contributed by atoms with E-state index >= 15 is 0 Å². The molecule has 0 spiro atoms. The van der Waals surface area contributed by atoms with Crippen molar-refractivity contribution in [2.24, 2.45) is 11.8 Å². The van der Waals surface area contributed by atoms with Crippen LogP contribution in [0.2, 0.25) is 17.9 Å². The van der Waals surface area contributed by atoms with Gasteiger partial charge in [-0.05, 0) is 13.8 Å². The molecule has 1 saturated heterocycles. The smallest absolute Gasteiger partial charge is 0.182 e. The van der Waals surface area contributed by atoms with Gasteiger partial charge in [0.2, 0.25) is 0 Å². The molecule has 3 atom stereocenters. The van der Waals surface area contributed by atoms with Crippen molar-refractivity contribution in [3.05, 3.63) is 0 Å². The van der Waals surface area contributed by atoms with Gasteiger partial charge in [0.15, 0.2) is 0 Å². The van der Waals surface area contributed by atoms with Crippen LogP contribution in [0.1, 0.15) is 65.2 Å². The van der Waals surface area contributed by atoms with Crippen molar-refractivity contribution >= 4 is 14.6 Å². The van der Waals surface area contributed by atoms with Crippen LogP contribution in [0.4, 0.5) is 0 Å². The quantitative estimate of drug-likeness (QED) is 0.496. The average molecular weight is 240 g/mol. The minimum Gasteiger partial charge on any atom is -0.182 e. The molecule has 0 nitrogen and oxygen atoms in total. The molecule has 0 N–H and O–H groups in total. The van der Waals surface area contributed by atoms with Crippen molar-refractivity contribution in [2.45, 2.75) is 83.1 Å². The van der Waals surface area contributed by atoms with Crippen molar-refractivity contribution in [3.8, 4) is 0 Å². The predicted octanol–water partition coefficient (Wildman–Crippen LogP) is 0.969. The van der Waals surface area contributed by atoms with Crippen molar-refractivity contribution in [1.29, 1.82) is 0 Å². The van der Waals surface area contributed by atoms with Crippen molar-refractivity contribution in [3.63, 3.8) is 0 Å². The molecule has 0 aromatic carbocycles. The largest absolute Gasteiger partial charge is 1.00 e. The molecule has 0 aromatic rings. The van der Waals surface area contributed by atoms with Gasteiger partial charge in [0, 0.05) is 0 Å². The van der Waals surface area contributed by atoms with Gasteiger partial charge >= 0.3 is 18.9 Å². The van der Waals surface area contributed by atoms with E-state index in [0.29, 0.717) is 7.85 Å². The molecule has 98 valence electrons. The van der Waals surface area contributed by atoms with Gasteiger partial charge in [0.1, 0.15) is 6.71 Å². The molecule has 1 aliphatic carbocycles. The summed E-state index contributed by atoms with van der Waals surface area (Å²) in [5.41, 5.74) is 0. The molecular weight excluding hydrogens is 209 g/mol. The summed E-state index contributed by atoms with van der Waals surface area (Å²) in [6.45, 7) is 6.08. The van der Waals surface area contributed by atoms with E-state index in [1.165, 1.54) is 25.7 Å². The molecule has 18 heavy (non-hydrogen) atoms. The Labute approximate surface area is 128 Å². The first-order valence-electron chi connectivity index (χ1n) is 7.66. The first-order chi connectivity index (χ1) is 8.16. The Bertz CT molecular complexity index is 247. The van der Waals surface area contributed by atoms with Crippen LogP contribution in [0.25, 0.3) is 0 Å². The van der Waals surface area contributed by atoms with E-state index in [4.69, 9.17) is 0 Å². The normalized spacial score (nSPS) is 35.2. The van der Waals surface area contributed by atoms with Crippen molar-refractivity contribution in [2.75, 3.05) is 0 Å². The molecule has 1 heterocycles.